The van der Waals surface area contributed by atoms with Crippen molar-refractivity contribution in [2.24, 2.45) is 0 Å². The van der Waals surface area contributed by atoms with E-state index in [1.54, 1.807) is 24.7 Å². The third-order valence-corrected chi connectivity index (χ3v) is 4.96. The average molecular weight is 582 g/mol. The molecule has 4 N–H and O–H groups in total. The van der Waals surface area contributed by atoms with Gasteiger partial charge in [-0.2, -0.15) is 31.6 Å². The maximum absolute atomic E-state index is 13.7. The summed E-state index contributed by atoms with van der Waals surface area (Å²) < 4.78 is 77.2. The van der Waals surface area contributed by atoms with E-state index in [4.69, 9.17) is 30.0 Å². The van der Waals surface area contributed by atoms with Crippen LogP contribution >= 0.6 is 0 Å². The van der Waals surface area contributed by atoms with Gasteiger partial charge in [0.1, 0.15) is 29.2 Å². The van der Waals surface area contributed by atoms with E-state index in [2.05, 4.69) is 20.3 Å². The molecule has 1 aliphatic heterocycles. The minimum Gasteiger partial charge on any atom is -0.475 e. The molecule has 0 spiro atoms. The van der Waals surface area contributed by atoms with E-state index in [9.17, 15) is 30.7 Å². The number of hydrogen-bond donors (Lipinski definition) is 4. The van der Waals surface area contributed by atoms with Crippen LogP contribution in [0.15, 0.2) is 55.0 Å². The Hall–Kier alpha value is -5.53. The summed E-state index contributed by atoms with van der Waals surface area (Å²) in [6.45, 7) is 0. The number of alkyl halides is 6. The monoisotopic (exact) mass is 582 g/mol. The van der Waals surface area contributed by atoms with Crippen molar-refractivity contribution in [1.29, 1.82) is 5.26 Å². The predicted molar refractivity (Wildman–Crippen MR) is 126 cm³/mol. The summed E-state index contributed by atoms with van der Waals surface area (Å²) in [6, 6.07) is 11.9. The number of carboxylic acids is 2. The van der Waals surface area contributed by atoms with Gasteiger partial charge in [0.15, 0.2) is 0 Å². The van der Waals surface area contributed by atoms with Crippen molar-refractivity contribution in [3.05, 3.63) is 66.4 Å². The third-order valence-electron chi connectivity index (χ3n) is 4.96. The highest BCUT2D eigenvalue weighted by Crippen LogP contribution is 2.42. The number of aromatic amines is 1. The molecule has 0 unspecified atom stereocenters. The molecule has 41 heavy (non-hydrogen) atoms. The van der Waals surface area contributed by atoms with Crippen LogP contribution in [0.2, 0.25) is 0 Å². The van der Waals surface area contributed by atoms with E-state index < -0.39 is 30.1 Å². The number of imidazole rings is 1. The van der Waals surface area contributed by atoms with Crippen molar-refractivity contribution in [3.8, 4) is 40.0 Å². The number of carbonyl (C=O) groups is 2. The summed E-state index contributed by atoms with van der Waals surface area (Å²) in [5.74, 6) is -4.83. The van der Waals surface area contributed by atoms with E-state index in [1.807, 2.05) is 24.3 Å². The lowest BCUT2D eigenvalue weighted by Crippen LogP contribution is -2.21. The summed E-state index contributed by atoms with van der Waals surface area (Å²) in [6.07, 6.45) is -5.02. The molecule has 4 heterocycles. The molecule has 0 amide bonds. The van der Waals surface area contributed by atoms with Crippen LogP contribution in [0, 0.1) is 17.1 Å². The normalized spacial score (nSPS) is 11.4. The number of nitrogens with zero attached hydrogens (tertiary/aromatic N) is 4. The van der Waals surface area contributed by atoms with Crippen LogP contribution in [0.4, 0.5) is 42.2 Å². The van der Waals surface area contributed by atoms with Crippen LogP contribution in [0.5, 0.6) is 0 Å². The Bertz CT molecular complexity index is 1560. The first-order valence-corrected chi connectivity index (χ1v) is 10.7. The topological polar surface area (TPSA) is 165 Å². The lowest BCUT2D eigenvalue weighted by Gasteiger charge is -2.07. The quantitative estimate of drug-likeness (QED) is 0.186. The Morgan fingerprint density at radius 1 is 0.927 bits per heavy atom. The molecule has 0 radical (unpaired) electrons. The molecule has 1 aromatic carbocycles. The molecular formula is C24H13F7N6O4. The van der Waals surface area contributed by atoms with E-state index in [0.29, 0.717) is 17.2 Å². The number of fused-ring (bicyclic) bond motifs is 5. The molecule has 3 aromatic heterocycles. The van der Waals surface area contributed by atoms with Gasteiger partial charge in [0.25, 0.3) is 0 Å². The second kappa shape index (κ2) is 11.7. The number of hydrogen-bond acceptors (Lipinski definition) is 7. The fourth-order valence-electron chi connectivity index (χ4n) is 3.19. The van der Waals surface area contributed by atoms with Gasteiger partial charge < -0.3 is 20.5 Å². The van der Waals surface area contributed by atoms with Crippen LogP contribution in [-0.4, -0.2) is 54.4 Å². The molecule has 17 heteroatoms. The van der Waals surface area contributed by atoms with Crippen LogP contribution < -0.4 is 5.32 Å². The Morgan fingerprint density at radius 2 is 1.56 bits per heavy atom. The molecule has 10 nitrogen and oxygen atoms in total. The average Bonchev–Trinajstić information content (AvgIpc) is 3.29. The lowest BCUT2D eigenvalue weighted by molar-refractivity contribution is -0.193. The van der Waals surface area contributed by atoms with Gasteiger partial charge >= 0.3 is 24.3 Å². The molecule has 0 saturated carbocycles. The van der Waals surface area contributed by atoms with E-state index in [0.717, 1.165) is 28.2 Å². The van der Waals surface area contributed by atoms with Crippen molar-refractivity contribution in [2.75, 3.05) is 5.32 Å². The maximum atomic E-state index is 13.7. The number of anilines is 2. The van der Waals surface area contributed by atoms with Crippen LogP contribution in [-0.2, 0) is 9.59 Å². The number of aromatic nitrogens is 4. The molecule has 4 aromatic rings. The summed E-state index contributed by atoms with van der Waals surface area (Å²) in [7, 11) is 0. The van der Waals surface area contributed by atoms with Crippen molar-refractivity contribution < 1.29 is 50.5 Å². The zero-order valence-corrected chi connectivity index (χ0v) is 19.8. The molecule has 0 aliphatic carbocycles. The highest BCUT2D eigenvalue weighted by Gasteiger charge is 2.38. The number of halogens is 7. The zero-order chi connectivity index (χ0) is 30.5. The lowest BCUT2D eigenvalue weighted by atomic mass is 10.1. The van der Waals surface area contributed by atoms with Gasteiger partial charge in [-0.15, -0.1) is 0 Å². The van der Waals surface area contributed by atoms with Gasteiger partial charge in [-0.05, 0) is 36.4 Å². The Balaban J connectivity index is 0.000000276. The van der Waals surface area contributed by atoms with Gasteiger partial charge in [0.2, 0.25) is 0 Å². The molecule has 1 aliphatic rings. The molecule has 0 saturated heterocycles. The molecule has 212 valence electrons. The zero-order valence-electron chi connectivity index (χ0n) is 19.8. The summed E-state index contributed by atoms with van der Waals surface area (Å²) >= 11 is 0. The van der Waals surface area contributed by atoms with Crippen LogP contribution in [0.1, 0.15) is 5.56 Å². The largest absolute Gasteiger partial charge is 0.490 e. The van der Waals surface area contributed by atoms with Crippen molar-refractivity contribution in [2.45, 2.75) is 12.4 Å². The SMILES string of the molecule is N#Cc1cc(-c2nc3c([nH]2)-c2ccncc2Nc2ncccc2-3)ccc1F.O=C(O)C(F)(F)F.O=C(O)C(F)(F)F. The van der Waals surface area contributed by atoms with Crippen molar-refractivity contribution in [1.82, 2.24) is 19.9 Å². The van der Waals surface area contributed by atoms with E-state index in [-0.39, 0.29) is 5.56 Å². The van der Waals surface area contributed by atoms with Gasteiger partial charge in [0, 0.05) is 29.1 Å². The minimum atomic E-state index is -5.08. The van der Waals surface area contributed by atoms with E-state index in [1.165, 1.54) is 12.1 Å². The third kappa shape index (κ3) is 7.11. The first kappa shape index (κ1) is 30.0. The number of carboxylic acid groups (broad SMARTS) is 2. The number of nitriles is 1. The second-order valence-electron chi connectivity index (χ2n) is 7.67. The Morgan fingerprint density at radius 3 is 2.15 bits per heavy atom. The first-order chi connectivity index (χ1) is 19.1. The minimum absolute atomic E-state index is 0.0209. The number of aliphatic carboxylic acids is 2. The van der Waals surface area contributed by atoms with Gasteiger partial charge in [-0.3, -0.25) is 4.98 Å². The van der Waals surface area contributed by atoms with Gasteiger partial charge in [-0.25, -0.2) is 23.9 Å². The summed E-state index contributed by atoms with van der Waals surface area (Å²) in [5, 5.41) is 26.7. The summed E-state index contributed by atoms with van der Waals surface area (Å²) in [5.41, 5.74) is 4.71. The van der Waals surface area contributed by atoms with Crippen molar-refractivity contribution >= 4 is 23.4 Å². The van der Waals surface area contributed by atoms with Gasteiger partial charge in [0.05, 0.1) is 23.1 Å². The molecule has 0 fully saturated rings. The van der Waals surface area contributed by atoms with Gasteiger partial charge in [-0.1, -0.05) is 0 Å². The molecule has 0 bridgehead atoms. The fourth-order valence-corrected chi connectivity index (χ4v) is 3.19. The van der Waals surface area contributed by atoms with Crippen molar-refractivity contribution in [3.63, 3.8) is 0 Å². The molecule has 5 rings (SSSR count). The number of benzene rings is 1. The molecular weight excluding hydrogens is 569 g/mol. The Kier molecular flexibility index (Phi) is 8.56. The number of H-pyrrole nitrogens is 1. The van der Waals surface area contributed by atoms with E-state index >= 15 is 0 Å². The summed E-state index contributed by atoms with van der Waals surface area (Å²) in [4.78, 5) is 34.4. The fraction of sp³-hybridized carbons (Fsp3) is 0.0833. The Labute approximate surface area is 223 Å². The highest BCUT2D eigenvalue weighted by molar-refractivity contribution is 5.95. The molecule has 0 atom stereocenters. The first-order valence-electron chi connectivity index (χ1n) is 10.7. The standard InChI is InChI=1S/C20H11FN6.2C2HF3O2/c21-15-4-3-11(8-12(15)9-22)19-26-17-13-5-7-23-10-16(13)25-20-14(18(17)27-19)2-1-6-24-20;2*3-2(4,5)1(6)7/h1-8,10H,(H,24,25)(H,26,27);2*(H,6,7). The number of nitrogens with one attached hydrogen (secondary N) is 2. The number of rotatable bonds is 1. The maximum Gasteiger partial charge on any atom is 0.490 e. The van der Waals surface area contributed by atoms with Crippen LogP contribution in [0.25, 0.3) is 33.9 Å². The predicted octanol–water partition coefficient (Wildman–Crippen LogP) is 5.54. The smallest absolute Gasteiger partial charge is 0.475 e. The number of pyridine rings is 2. The van der Waals surface area contributed by atoms with Crippen LogP contribution in [0.3, 0.4) is 0 Å². The highest BCUT2D eigenvalue weighted by atomic mass is 19.4. The second-order valence-corrected chi connectivity index (χ2v) is 7.67.